The summed E-state index contributed by atoms with van der Waals surface area (Å²) in [4.78, 5) is 13.7. The number of nitrogens with zero attached hydrogens (tertiary/aromatic N) is 1. The molecule has 5 heteroatoms. The van der Waals surface area contributed by atoms with Gasteiger partial charge < -0.3 is 9.73 Å². The van der Waals surface area contributed by atoms with Gasteiger partial charge in [-0.1, -0.05) is 18.2 Å². The molecule has 23 heavy (non-hydrogen) atoms. The molecule has 118 valence electrons. The average Bonchev–Trinajstić information content (AvgIpc) is 2.99. The Morgan fingerprint density at radius 1 is 1.17 bits per heavy atom. The summed E-state index contributed by atoms with van der Waals surface area (Å²) in [5.74, 6) is 0.352. The van der Waals surface area contributed by atoms with Crippen molar-refractivity contribution in [3.63, 3.8) is 0 Å². The number of urea groups is 1. The fourth-order valence-corrected chi connectivity index (χ4v) is 2.35. The van der Waals surface area contributed by atoms with Crippen LogP contribution >= 0.6 is 0 Å². The molecule has 0 bridgehead atoms. The molecule has 1 N–H and O–H groups in total. The van der Waals surface area contributed by atoms with E-state index in [1.165, 1.54) is 17.0 Å². The number of rotatable bonds is 3. The summed E-state index contributed by atoms with van der Waals surface area (Å²) < 4.78 is 18.7. The maximum atomic E-state index is 13.0. The van der Waals surface area contributed by atoms with Crippen LogP contribution in [0.3, 0.4) is 0 Å². The standard InChI is InChI=1S/C18H17FN2O2/c1-12(17-11-13-5-3-4-6-16(13)23-17)20-18(22)21(2)15-9-7-14(19)8-10-15/h3-12H,1-2H3,(H,20,22)/t12-/m1/s1. The molecule has 0 spiro atoms. The summed E-state index contributed by atoms with van der Waals surface area (Å²) in [5.41, 5.74) is 1.40. The zero-order valence-electron chi connectivity index (χ0n) is 12.9. The molecule has 0 fully saturated rings. The Kier molecular flexibility index (Phi) is 4.02. The van der Waals surface area contributed by atoms with Gasteiger partial charge >= 0.3 is 6.03 Å². The van der Waals surface area contributed by atoms with Gasteiger partial charge in [-0.15, -0.1) is 0 Å². The van der Waals surface area contributed by atoms with Gasteiger partial charge in [-0.2, -0.15) is 0 Å². The summed E-state index contributed by atoms with van der Waals surface area (Å²) in [5, 5.41) is 3.87. The molecule has 0 saturated carbocycles. The maximum absolute atomic E-state index is 13.0. The number of benzene rings is 2. The normalized spacial score (nSPS) is 12.1. The summed E-state index contributed by atoms with van der Waals surface area (Å²) in [7, 11) is 1.63. The van der Waals surface area contributed by atoms with Crippen LogP contribution in [-0.2, 0) is 0 Å². The Labute approximate surface area is 133 Å². The Hall–Kier alpha value is -2.82. The molecule has 3 rings (SSSR count). The van der Waals surface area contributed by atoms with E-state index in [4.69, 9.17) is 4.42 Å². The third-order valence-electron chi connectivity index (χ3n) is 3.73. The molecule has 1 atom stereocenters. The molecule has 0 radical (unpaired) electrons. The van der Waals surface area contributed by atoms with Crippen LogP contribution in [0, 0.1) is 5.82 Å². The molecule has 1 aromatic heterocycles. The van der Waals surface area contributed by atoms with E-state index in [0.717, 1.165) is 11.0 Å². The fraction of sp³-hybridized carbons (Fsp3) is 0.167. The van der Waals surface area contributed by atoms with Gasteiger partial charge in [0.25, 0.3) is 0 Å². The molecular formula is C18H17FN2O2. The first-order chi connectivity index (χ1) is 11.0. The average molecular weight is 312 g/mol. The fourth-order valence-electron chi connectivity index (χ4n) is 2.35. The van der Waals surface area contributed by atoms with E-state index in [0.29, 0.717) is 11.4 Å². The molecule has 0 aliphatic heterocycles. The summed E-state index contributed by atoms with van der Waals surface area (Å²) in [6.07, 6.45) is 0. The van der Waals surface area contributed by atoms with Crippen molar-refractivity contribution in [2.45, 2.75) is 13.0 Å². The molecule has 0 aliphatic carbocycles. The summed E-state index contributed by atoms with van der Waals surface area (Å²) in [6.45, 7) is 1.86. The second-order valence-corrected chi connectivity index (χ2v) is 5.39. The number of carbonyl (C=O) groups is 1. The van der Waals surface area contributed by atoms with E-state index in [9.17, 15) is 9.18 Å². The summed E-state index contributed by atoms with van der Waals surface area (Å²) >= 11 is 0. The Morgan fingerprint density at radius 3 is 2.57 bits per heavy atom. The van der Waals surface area contributed by atoms with Crippen molar-refractivity contribution in [1.29, 1.82) is 0 Å². The van der Waals surface area contributed by atoms with E-state index >= 15 is 0 Å². The molecule has 4 nitrogen and oxygen atoms in total. The van der Waals surface area contributed by atoms with Crippen molar-refractivity contribution >= 4 is 22.7 Å². The molecule has 0 unspecified atom stereocenters. The SMILES string of the molecule is C[C@@H](NC(=O)N(C)c1ccc(F)cc1)c1cc2ccccc2o1. The number of fused-ring (bicyclic) bond motifs is 1. The molecular weight excluding hydrogens is 295 g/mol. The Balaban J connectivity index is 1.72. The highest BCUT2D eigenvalue weighted by molar-refractivity contribution is 5.91. The van der Waals surface area contributed by atoms with Crippen molar-refractivity contribution in [1.82, 2.24) is 5.32 Å². The second kappa shape index (κ2) is 6.12. The van der Waals surface area contributed by atoms with E-state index in [-0.39, 0.29) is 17.9 Å². The lowest BCUT2D eigenvalue weighted by molar-refractivity contribution is 0.243. The second-order valence-electron chi connectivity index (χ2n) is 5.39. The van der Waals surface area contributed by atoms with Crippen LogP contribution in [0.4, 0.5) is 14.9 Å². The number of hydrogen-bond donors (Lipinski definition) is 1. The number of nitrogens with one attached hydrogen (secondary N) is 1. The topological polar surface area (TPSA) is 45.5 Å². The summed E-state index contributed by atoms with van der Waals surface area (Å²) in [6, 6.07) is 14.8. The van der Waals surface area contributed by atoms with Crippen molar-refractivity contribution in [3.8, 4) is 0 Å². The minimum absolute atomic E-state index is 0.280. The molecule has 2 amide bonds. The van der Waals surface area contributed by atoms with Crippen LogP contribution in [0.5, 0.6) is 0 Å². The van der Waals surface area contributed by atoms with Gasteiger partial charge in [0.2, 0.25) is 0 Å². The highest BCUT2D eigenvalue weighted by Crippen LogP contribution is 2.24. The van der Waals surface area contributed by atoms with Gasteiger partial charge in [-0.05, 0) is 43.3 Å². The number of anilines is 1. The first-order valence-electron chi connectivity index (χ1n) is 7.33. The Bertz CT molecular complexity index is 793. The zero-order valence-corrected chi connectivity index (χ0v) is 12.9. The lowest BCUT2D eigenvalue weighted by Gasteiger charge is -2.20. The first kappa shape index (κ1) is 15.1. The molecule has 2 aromatic carbocycles. The highest BCUT2D eigenvalue weighted by Gasteiger charge is 2.17. The van der Waals surface area contributed by atoms with Crippen molar-refractivity contribution in [2.75, 3.05) is 11.9 Å². The monoisotopic (exact) mass is 312 g/mol. The third-order valence-corrected chi connectivity index (χ3v) is 3.73. The molecule has 0 saturated heterocycles. The van der Waals surface area contributed by atoms with E-state index in [1.807, 2.05) is 37.3 Å². The van der Waals surface area contributed by atoms with Gasteiger partial charge in [-0.25, -0.2) is 9.18 Å². The van der Waals surface area contributed by atoms with Gasteiger partial charge in [-0.3, -0.25) is 4.90 Å². The molecule has 3 aromatic rings. The van der Waals surface area contributed by atoms with E-state index in [1.54, 1.807) is 19.2 Å². The van der Waals surface area contributed by atoms with Crippen molar-refractivity contribution in [2.24, 2.45) is 0 Å². The number of para-hydroxylation sites is 1. The number of halogens is 1. The third kappa shape index (κ3) is 3.18. The Morgan fingerprint density at radius 2 is 1.87 bits per heavy atom. The maximum Gasteiger partial charge on any atom is 0.322 e. The minimum Gasteiger partial charge on any atom is -0.459 e. The molecule has 0 aliphatic rings. The zero-order chi connectivity index (χ0) is 16.4. The van der Waals surface area contributed by atoms with Crippen LogP contribution in [0.15, 0.2) is 59.0 Å². The predicted octanol–water partition coefficient (Wildman–Crippen LogP) is 4.48. The van der Waals surface area contributed by atoms with Crippen LogP contribution < -0.4 is 10.2 Å². The largest absolute Gasteiger partial charge is 0.459 e. The van der Waals surface area contributed by atoms with E-state index < -0.39 is 0 Å². The van der Waals surface area contributed by atoms with Crippen LogP contribution in [0.2, 0.25) is 0 Å². The quantitative estimate of drug-likeness (QED) is 0.775. The van der Waals surface area contributed by atoms with E-state index in [2.05, 4.69) is 5.32 Å². The van der Waals surface area contributed by atoms with Gasteiger partial charge in [0, 0.05) is 18.1 Å². The highest BCUT2D eigenvalue weighted by atomic mass is 19.1. The van der Waals surface area contributed by atoms with Crippen molar-refractivity contribution < 1.29 is 13.6 Å². The van der Waals surface area contributed by atoms with Gasteiger partial charge in [0.05, 0.1) is 6.04 Å². The van der Waals surface area contributed by atoms with Crippen LogP contribution in [0.1, 0.15) is 18.7 Å². The molecule has 1 heterocycles. The smallest absolute Gasteiger partial charge is 0.322 e. The van der Waals surface area contributed by atoms with Gasteiger partial charge in [0.15, 0.2) is 0 Å². The van der Waals surface area contributed by atoms with Gasteiger partial charge in [0.1, 0.15) is 17.2 Å². The first-order valence-corrected chi connectivity index (χ1v) is 7.33. The number of furan rings is 1. The minimum atomic E-state index is -0.335. The lowest BCUT2D eigenvalue weighted by Crippen LogP contribution is -2.38. The predicted molar refractivity (Wildman–Crippen MR) is 88.0 cm³/mol. The number of carbonyl (C=O) groups excluding carboxylic acids is 1. The number of hydrogen-bond acceptors (Lipinski definition) is 2. The lowest BCUT2D eigenvalue weighted by atomic mass is 10.2. The van der Waals surface area contributed by atoms with Crippen molar-refractivity contribution in [3.05, 3.63) is 66.2 Å². The van der Waals surface area contributed by atoms with Crippen LogP contribution in [0.25, 0.3) is 11.0 Å². The van der Waals surface area contributed by atoms with Crippen LogP contribution in [-0.4, -0.2) is 13.1 Å². The number of amides is 2.